The monoisotopic (exact) mass is 252 g/mol. The highest BCUT2D eigenvalue weighted by molar-refractivity contribution is 5.76. The fourth-order valence-corrected chi connectivity index (χ4v) is 3.08. The molecule has 0 radical (unpaired) electrons. The number of nitrogens with one attached hydrogen (secondary N) is 2. The maximum atomic E-state index is 12.0. The first-order chi connectivity index (χ1) is 8.58. The molecule has 3 heteroatoms. The number of rotatable bonds is 5. The molecule has 104 valence electrons. The van der Waals surface area contributed by atoms with Gasteiger partial charge in [-0.3, -0.25) is 4.79 Å². The van der Waals surface area contributed by atoms with Crippen molar-refractivity contribution >= 4 is 5.91 Å². The molecule has 0 aromatic rings. The summed E-state index contributed by atoms with van der Waals surface area (Å²) in [5, 5.41) is 6.50. The number of piperidine rings is 1. The molecule has 1 amide bonds. The number of hydrogen-bond acceptors (Lipinski definition) is 2. The highest BCUT2D eigenvalue weighted by Crippen LogP contribution is 2.41. The van der Waals surface area contributed by atoms with E-state index in [0.717, 1.165) is 44.8 Å². The minimum atomic E-state index is 0.259. The van der Waals surface area contributed by atoms with Crippen molar-refractivity contribution in [1.29, 1.82) is 0 Å². The zero-order valence-electron chi connectivity index (χ0n) is 11.9. The summed E-state index contributed by atoms with van der Waals surface area (Å²) < 4.78 is 0. The predicted octanol–water partition coefficient (Wildman–Crippen LogP) is 2.32. The maximum Gasteiger partial charge on any atom is 0.220 e. The average molecular weight is 252 g/mol. The van der Waals surface area contributed by atoms with Gasteiger partial charge in [0.2, 0.25) is 5.91 Å². The van der Waals surface area contributed by atoms with Crippen molar-refractivity contribution in [1.82, 2.24) is 10.6 Å². The Labute approximate surface area is 111 Å². The summed E-state index contributed by atoms with van der Waals surface area (Å²) in [4.78, 5) is 12.0. The van der Waals surface area contributed by atoms with Crippen molar-refractivity contribution in [2.24, 2.45) is 17.3 Å². The summed E-state index contributed by atoms with van der Waals surface area (Å²) in [7, 11) is 0. The van der Waals surface area contributed by atoms with E-state index in [9.17, 15) is 4.79 Å². The first kappa shape index (κ1) is 13.9. The predicted molar refractivity (Wildman–Crippen MR) is 74.3 cm³/mol. The van der Waals surface area contributed by atoms with Crippen molar-refractivity contribution in [2.45, 2.75) is 52.4 Å². The summed E-state index contributed by atoms with van der Waals surface area (Å²) in [5.74, 6) is 1.67. The minimum absolute atomic E-state index is 0.259. The van der Waals surface area contributed by atoms with Crippen LogP contribution in [0.1, 0.15) is 52.4 Å². The van der Waals surface area contributed by atoms with E-state index in [2.05, 4.69) is 24.5 Å². The van der Waals surface area contributed by atoms with E-state index < -0.39 is 0 Å². The number of amides is 1. The number of hydrogen-bond donors (Lipinski definition) is 2. The highest BCUT2D eigenvalue weighted by Gasteiger charge is 2.34. The molecule has 1 saturated carbocycles. The molecule has 0 atom stereocenters. The van der Waals surface area contributed by atoms with Crippen LogP contribution >= 0.6 is 0 Å². The average Bonchev–Trinajstić information content (AvgIpc) is 2.25. The zero-order valence-corrected chi connectivity index (χ0v) is 11.9. The maximum absolute atomic E-state index is 12.0. The lowest BCUT2D eigenvalue weighted by Gasteiger charge is -2.40. The Bertz CT molecular complexity index is 278. The van der Waals surface area contributed by atoms with E-state index in [4.69, 9.17) is 0 Å². The minimum Gasteiger partial charge on any atom is -0.356 e. The molecule has 0 bridgehead atoms. The molecular weight excluding hydrogens is 224 g/mol. The normalized spacial score (nSPS) is 22.6. The zero-order chi connectivity index (χ0) is 13.0. The SMILES string of the molecule is CC(C)(CNC(=O)CC1CCNCC1)C1CCC1. The lowest BCUT2D eigenvalue weighted by Crippen LogP contribution is -2.41. The standard InChI is InChI=1S/C15H28N2O/c1-15(2,13-4-3-5-13)11-17-14(18)10-12-6-8-16-9-7-12/h12-13,16H,3-11H2,1-2H3,(H,17,18). The highest BCUT2D eigenvalue weighted by atomic mass is 16.1. The lowest BCUT2D eigenvalue weighted by atomic mass is 9.67. The molecule has 18 heavy (non-hydrogen) atoms. The van der Waals surface area contributed by atoms with Crippen LogP contribution in [0.3, 0.4) is 0 Å². The van der Waals surface area contributed by atoms with Crippen molar-refractivity contribution < 1.29 is 4.79 Å². The van der Waals surface area contributed by atoms with Gasteiger partial charge in [0.25, 0.3) is 0 Å². The van der Waals surface area contributed by atoms with Crippen LogP contribution in [0.25, 0.3) is 0 Å². The third-order valence-corrected chi connectivity index (χ3v) is 4.88. The van der Waals surface area contributed by atoms with E-state index in [1.807, 2.05) is 0 Å². The van der Waals surface area contributed by atoms with Crippen LogP contribution in [-0.2, 0) is 4.79 Å². The van der Waals surface area contributed by atoms with Crippen LogP contribution in [-0.4, -0.2) is 25.5 Å². The molecule has 1 saturated heterocycles. The van der Waals surface area contributed by atoms with Gasteiger partial charge in [-0.2, -0.15) is 0 Å². The van der Waals surface area contributed by atoms with Gasteiger partial charge in [0, 0.05) is 13.0 Å². The Balaban J connectivity index is 1.67. The van der Waals surface area contributed by atoms with Crippen molar-refractivity contribution in [2.75, 3.05) is 19.6 Å². The van der Waals surface area contributed by atoms with E-state index in [0.29, 0.717) is 5.92 Å². The van der Waals surface area contributed by atoms with Gasteiger partial charge >= 0.3 is 0 Å². The Hall–Kier alpha value is -0.570. The number of carbonyl (C=O) groups excluding carboxylic acids is 1. The van der Waals surface area contributed by atoms with Crippen molar-refractivity contribution in [3.05, 3.63) is 0 Å². The molecule has 3 nitrogen and oxygen atoms in total. The van der Waals surface area contributed by atoms with Gasteiger partial charge in [0.1, 0.15) is 0 Å². The van der Waals surface area contributed by atoms with E-state index >= 15 is 0 Å². The Morgan fingerprint density at radius 2 is 1.89 bits per heavy atom. The molecule has 2 fully saturated rings. The van der Waals surface area contributed by atoms with Gasteiger partial charge in [-0.05, 0) is 56.0 Å². The summed E-state index contributed by atoms with van der Waals surface area (Å²) >= 11 is 0. The smallest absolute Gasteiger partial charge is 0.220 e. The molecule has 1 aliphatic heterocycles. The van der Waals surface area contributed by atoms with Gasteiger partial charge in [-0.15, -0.1) is 0 Å². The summed E-state index contributed by atoms with van der Waals surface area (Å²) in [6, 6.07) is 0. The fraction of sp³-hybridized carbons (Fsp3) is 0.933. The van der Waals surface area contributed by atoms with Crippen LogP contribution in [0.5, 0.6) is 0 Å². The summed E-state index contributed by atoms with van der Waals surface area (Å²) in [6.07, 6.45) is 7.09. The third-order valence-electron chi connectivity index (χ3n) is 4.88. The Morgan fingerprint density at radius 3 is 2.44 bits per heavy atom. The molecule has 0 unspecified atom stereocenters. The molecule has 2 aliphatic rings. The molecular formula is C15H28N2O. The molecule has 1 heterocycles. The third kappa shape index (κ3) is 3.71. The first-order valence-corrected chi connectivity index (χ1v) is 7.55. The van der Waals surface area contributed by atoms with E-state index in [1.54, 1.807) is 0 Å². The molecule has 0 aromatic carbocycles. The van der Waals surface area contributed by atoms with E-state index in [-0.39, 0.29) is 11.3 Å². The topological polar surface area (TPSA) is 41.1 Å². The van der Waals surface area contributed by atoms with Crippen LogP contribution < -0.4 is 10.6 Å². The van der Waals surface area contributed by atoms with Crippen LogP contribution in [0, 0.1) is 17.3 Å². The number of carbonyl (C=O) groups is 1. The summed E-state index contributed by atoms with van der Waals surface area (Å²) in [5.41, 5.74) is 0.280. The fourth-order valence-electron chi connectivity index (χ4n) is 3.08. The van der Waals surface area contributed by atoms with Crippen molar-refractivity contribution in [3.63, 3.8) is 0 Å². The Morgan fingerprint density at radius 1 is 1.22 bits per heavy atom. The van der Waals surface area contributed by atoms with Crippen LogP contribution in [0.15, 0.2) is 0 Å². The van der Waals surface area contributed by atoms with Gasteiger partial charge < -0.3 is 10.6 Å². The molecule has 0 spiro atoms. The van der Waals surface area contributed by atoms with Gasteiger partial charge in [-0.1, -0.05) is 20.3 Å². The second kappa shape index (κ2) is 6.05. The molecule has 1 aliphatic carbocycles. The largest absolute Gasteiger partial charge is 0.356 e. The van der Waals surface area contributed by atoms with Gasteiger partial charge in [-0.25, -0.2) is 0 Å². The molecule has 2 rings (SSSR count). The first-order valence-electron chi connectivity index (χ1n) is 7.55. The summed E-state index contributed by atoms with van der Waals surface area (Å²) in [6.45, 7) is 7.59. The van der Waals surface area contributed by atoms with Crippen LogP contribution in [0.4, 0.5) is 0 Å². The Kier molecular flexibility index (Phi) is 4.66. The van der Waals surface area contributed by atoms with E-state index in [1.165, 1.54) is 19.3 Å². The van der Waals surface area contributed by atoms with Gasteiger partial charge in [0.15, 0.2) is 0 Å². The van der Waals surface area contributed by atoms with Crippen molar-refractivity contribution in [3.8, 4) is 0 Å². The van der Waals surface area contributed by atoms with Gasteiger partial charge in [0.05, 0.1) is 0 Å². The van der Waals surface area contributed by atoms with Crippen LogP contribution in [0.2, 0.25) is 0 Å². The lowest BCUT2D eigenvalue weighted by molar-refractivity contribution is -0.122. The second-order valence-electron chi connectivity index (χ2n) is 6.79. The second-order valence-corrected chi connectivity index (χ2v) is 6.79. The molecule has 0 aromatic heterocycles. The molecule has 2 N–H and O–H groups in total. The quantitative estimate of drug-likeness (QED) is 0.788.